The molecule has 1 atom stereocenters. The maximum absolute atomic E-state index is 13.2. The SMILES string of the molecule is Cc1ccccc1CN(C)C(CN)c1ccc(F)cc1Br. The van der Waals surface area contributed by atoms with Gasteiger partial charge in [0.25, 0.3) is 0 Å². The van der Waals surface area contributed by atoms with Gasteiger partial charge in [-0.2, -0.15) is 0 Å². The highest BCUT2D eigenvalue weighted by molar-refractivity contribution is 9.10. The van der Waals surface area contributed by atoms with Crippen molar-refractivity contribution in [3.05, 3.63) is 69.4 Å². The first-order chi connectivity index (χ1) is 10.0. The van der Waals surface area contributed by atoms with E-state index in [9.17, 15) is 4.39 Å². The van der Waals surface area contributed by atoms with Gasteiger partial charge in [-0.1, -0.05) is 46.3 Å². The number of aryl methyl sites for hydroxylation is 1. The molecule has 2 rings (SSSR count). The van der Waals surface area contributed by atoms with E-state index in [2.05, 4.69) is 39.9 Å². The molecule has 2 aromatic rings. The molecule has 0 bridgehead atoms. The smallest absolute Gasteiger partial charge is 0.124 e. The summed E-state index contributed by atoms with van der Waals surface area (Å²) < 4.78 is 14.0. The minimum atomic E-state index is -0.247. The van der Waals surface area contributed by atoms with Crippen molar-refractivity contribution in [1.29, 1.82) is 0 Å². The lowest BCUT2D eigenvalue weighted by molar-refractivity contribution is 0.240. The van der Waals surface area contributed by atoms with Crippen LogP contribution in [0.25, 0.3) is 0 Å². The molecule has 2 aromatic carbocycles. The van der Waals surface area contributed by atoms with Gasteiger partial charge < -0.3 is 5.73 Å². The van der Waals surface area contributed by atoms with Gasteiger partial charge in [0.15, 0.2) is 0 Å². The van der Waals surface area contributed by atoms with Crippen LogP contribution in [-0.2, 0) is 6.54 Å². The number of nitrogens with two attached hydrogens (primary N) is 1. The van der Waals surface area contributed by atoms with E-state index in [1.807, 2.05) is 19.2 Å². The highest BCUT2D eigenvalue weighted by Gasteiger charge is 2.19. The van der Waals surface area contributed by atoms with E-state index >= 15 is 0 Å². The molecule has 0 saturated carbocycles. The van der Waals surface area contributed by atoms with Gasteiger partial charge >= 0.3 is 0 Å². The Kier molecular flexibility index (Phi) is 5.51. The summed E-state index contributed by atoms with van der Waals surface area (Å²) in [5, 5.41) is 0. The molecule has 1 unspecified atom stereocenters. The minimum Gasteiger partial charge on any atom is -0.329 e. The summed E-state index contributed by atoms with van der Waals surface area (Å²) in [7, 11) is 2.04. The van der Waals surface area contributed by atoms with E-state index in [0.29, 0.717) is 6.54 Å². The molecule has 0 aromatic heterocycles. The van der Waals surface area contributed by atoms with Crippen molar-refractivity contribution in [3.63, 3.8) is 0 Å². The molecule has 112 valence electrons. The van der Waals surface area contributed by atoms with Crippen LogP contribution < -0.4 is 5.73 Å². The van der Waals surface area contributed by atoms with Crippen molar-refractivity contribution < 1.29 is 4.39 Å². The van der Waals surface area contributed by atoms with Crippen molar-refractivity contribution in [2.75, 3.05) is 13.6 Å². The third-order valence-electron chi connectivity index (χ3n) is 3.76. The number of halogens is 2. The number of rotatable bonds is 5. The second-order valence-corrected chi connectivity index (χ2v) is 6.11. The van der Waals surface area contributed by atoms with E-state index in [1.165, 1.54) is 23.3 Å². The number of hydrogen-bond acceptors (Lipinski definition) is 2. The van der Waals surface area contributed by atoms with Crippen molar-refractivity contribution in [2.24, 2.45) is 5.73 Å². The fourth-order valence-corrected chi connectivity index (χ4v) is 3.10. The number of likely N-dealkylation sites (N-methyl/N-ethyl adjacent to an activating group) is 1. The Hall–Kier alpha value is -1.23. The Morgan fingerprint density at radius 1 is 1.24 bits per heavy atom. The van der Waals surface area contributed by atoms with Gasteiger partial charge in [0.05, 0.1) is 0 Å². The summed E-state index contributed by atoms with van der Waals surface area (Å²) in [6.07, 6.45) is 0. The molecule has 0 radical (unpaired) electrons. The van der Waals surface area contributed by atoms with Crippen LogP contribution in [0.15, 0.2) is 46.9 Å². The molecule has 2 N–H and O–H groups in total. The summed E-state index contributed by atoms with van der Waals surface area (Å²) in [4.78, 5) is 2.19. The van der Waals surface area contributed by atoms with Crippen molar-refractivity contribution in [3.8, 4) is 0 Å². The fraction of sp³-hybridized carbons (Fsp3) is 0.294. The molecule has 4 heteroatoms. The molecule has 2 nitrogen and oxygen atoms in total. The summed E-state index contributed by atoms with van der Waals surface area (Å²) >= 11 is 3.43. The van der Waals surface area contributed by atoms with Crippen molar-refractivity contribution in [1.82, 2.24) is 4.90 Å². The summed E-state index contributed by atoms with van der Waals surface area (Å²) in [5.41, 5.74) is 9.49. The molecular weight excluding hydrogens is 331 g/mol. The maximum Gasteiger partial charge on any atom is 0.124 e. The molecule has 0 saturated heterocycles. The lowest BCUT2D eigenvalue weighted by Gasteiger charge is -2.28. The molecule has 0 aliphatic heterocycles. The van der Waals surface area contributed by atoms with Gasteiger partial charge in [-0.3, -0.25) is 4.90 Å². The average molecular weight is 351 g/mol. The van der Waals surface area contributed by atoms with E-state index in [0.717, 1.165) is 16.6 Å². The van der Waals surface area contributed by atoms with Gasteiger partial charge in [0, 0.05) is 23.6 Å². The molecule has 0 spiro atoms. The summed E-state index contributed by atoms with van der Waals surface area (Å²) in [5.74, 6) is -0.247. The number of hydrogen-bond donors (Lipinski definition) is 1. The zero-order chi connectivity index (χ0) is 15.4. The van der Waals surface area contributed by atoms with Gasteiger partial charge in [0.2, 0.25) is 0 Å². The molecule has 0 aliphatic carbocycles. The van der Waals surface area contributed by atoms with Crippen LogP contribution in [0.4, 0.5) is 4.39 Å². The van der Waals surface area contributed by atoms with Crippen molar-refractivity contribution in [2.45, 2.75) is 19.5 Å². The Balaban J connectivity index is 2.22. The fourth-order valence-electron chi connectivity index (χ4n) is 2.48. The lowest BCUT2D eigenvalue weighted by Crippen LogP contribution is -2.30. The zero-order valence-corrected chi connectivity index (χ0v) is 13.9. The Bertz CT molecular complexity index is 615. The largest absolute Gasteiger partial charge is 0.329 e. The zero-order valence-electron chi connectivity index (χ0n) is 12.3. The van der Waals surface area contributed by atoms with Crippen LogP contribution in [0.1, 0.15) is 22.7 Å². The van der Waals surface area contributed by atoms with Crippen LogP contribution in [0.2, 0.25) is 0 Å². The first kappa shape index (κ1) is 16.1. The third-order valence-corrected chi connectivity index (χ3v) is 4.44. The predicted molar refractivity (Wildman–Crippen MR) is 88.5 cm³/mol. The Morgan fingerprint density at radius 3 is 2.57 bits per heavy atom. The molecule has 0 aliphatic rings. The first-order valence-electron chi connectivity index (χ1n) is 6.92. The van der Waals surface area contributed by atoms with Gasteiger partial charge in [-0.05, 0) is 42.8 Å². The van der Waals surface area contributed by atoms with E-state index in [4.69, 9.17) is 5.73 Å². The molecule has 0 fully saturated rings. The molecule has 0 amide bonds. The van der Waals surface area contributed by atoms with E-state index in [-0.39, 0.29) is 11.9 Å². The standard InChI is InChI=1S/C17H20BrFN2/c1-12-5-3-4-6-13(12)11-21(2)17(10-20)15-8-7-14(19)9-16(15)18/h3-9,17H,10-11,20H2,1-2H3. The van der Waals surface area contributed by atoms with Gasteiger partial charge in [-0.25, -0.2) is 4.39 Å². The third kappa shape index (κ3) is 3.90. The lowest BCUT2D eigenvalue weighted by atomic mass is 10.0. The number of benzene rings is 2. The van der Waals surface area contributed by atoms with Crippen molar-refractivity contribution >= 4 is 15.9 Å². The first-order valence-corrected chi connectivity index (χ1v) is 7.72. The second kappa shape index (κ2) is 7.16. The monoisotopic (exact) mass is 350 g/mol. The molecule has 0 heterocycles. The summed E-state index contributed by atoms with van der Waals surface area (Å²) in [6, 6.07) is 13.1. The van der Waals surface area contributed by atoms with Crippen LogP contribution >= 0.6 is 15.9 Å². The second-order valence-electron chi connectivity index (χ2n) is 5.26. The van der Waals surface area contributed by atoms with Crippen LogP contribution in [-0.4, -0.2) is 18.5 Å². The molecule has 21 heavy (non-hydrogen) atoms. The molecular formula is C17H20BrFN2. The maximum atomic E-state index is 13.2. The Labute approximate surface area is 133 Å². The summed E-state index contributed by atoms with van der Waals surface area (Å²) in [6.45, 7) is 3.39. The predicted octanol–water partition coefficient (Wildman–Crippen LogP) is 4.03. The van der Waals surface area contributed by atoms with E-state index < -0.39 is 0 Å². The highest BCUT2D eigenvalue weighted by atomic mass is 79.9. The topological polar surface area (TPSA) is 29.3 Å². The minimum absolute atomic E-state index is 0.0413. The van der Waals surface area contributed by atoms with E-state index in [1.54, 1.807) is 6.07 Å². The van der Waals surface area contributed by atoms with Crippen LogP contribution in [0.3, 0.4) is 0 Å². The average Bonchev–Trinajstić information content (AvgIpc) is 2.44. The number of nitrogens with zero attached hydrogens (tertiary/aromatic N) is 1. The highest BCUT2D eigenvalue weighted by Crippen LogP contribution is 2.28. The quantitative estimate of drug-likeness (QED) is 0.881. The van der Waals surface area contributed by atoms with Crippen LogP contribution in [0, 0.1) is 12.7 Å². The van der Waals surface area contributed by atoms with Gasteiger partial charge in [0.1, 0.15) is 5.82 Å². The van der Waals surface area contributed by atoms with Crippen LogP contribution in [0.5, 0.6) is 0 Å². The Morgan fingerprint density at radius 2 is 1.95 bits per heavy atom. The van der Waals surface area contributed by atoms with Gasteiger partial charge in [-0.15, -0.1) is 0 Å². The normalized spacial score (nSPS) is 12.7.